The molecule has 0 aliphatic carbocycles. The molecule has 29 heavy (non-hydrogen) atoms. The number of rotatable bonds is 6. The molecular formula is C22H33ClN2O3S. The number of halogens is 1. The molecule has 0 saturated carbocycles. The minimum atomic E-state index is -3.24. The first kappa shape index (κ1) is 21.4. The SMILES string of the molecule is CC(C)Oc1ccc2c(c1)CCN1C[C@@H]3CCCN(S(=O)(=O)CCCCl)[C@@H]3C[C@@H]21. The van der Waals surface area contributed by atoms with Crippen molar-refractivity contribution in [3.63, 3.8) is 0 Å². The van der Waals surface area contributed by atoms with Crippen LogP contribution in [0.4, 0.5) is 0 Å². The lowest BCUT2D eigenvalue weighted by Gasteiger charge is -2.51. The van der Waals surface area contributed by atoms with Crippen LogP contribution in [-0.4, -0.2) is 61.0 Å². The van der Waals surface area contributed by atoms with Crippen molar-refractivity contribution in [2.45, 2.75) is 64.1 Å². The van der Waals surface area contributed by atoms with E-state index in [1.165, 1.54) is 11.1 Å². The van der Waals surface area contributed by atoms with Crippen molar-refractivity contribution in [2.24, 2.45) is 5.92 Å². The molecule has 0 bridgehead atoms. The molecule has 0 radical (unpaired) electrons. The van der Waals surface area contributed by atoms with Gasteiger partial charge in [-0.25, -0.2) is 8.42 Å². The van der Waals surface area contributed by atoms with Crippen LogP contribution in [0.2, 0.25) is 0 Å². The van der Waals surface area contributed by atoms with Gasteiger partial charge in [0.05, 0.1) is 11.9 Å². The van der Waals surface area contributed by atoms with Gasteiger partial charge in [-0.2, -0.15) is 4.31 Å². The summed E-state index contributed by atoms with van der Waals surface area (Å²) in [6.45, 7) is 6.80. The average molecular weight is 441 g/mol. The first-order valence-corrected chi connectivity index (χ1v) is 13.1. The molecule has 4 rings (SSSR count). The molecule has 2 fully saturated rings. The highest BCUT2D eigenvalue weighted by atomic mass is 35.5. The summed E-state index contributed by atoms with van der Waals surface area (Å²) in [6.07, 6.45) is 4.71. The highest BCUT2D eigenvalue weighted by Crippen LogP contribution is 2.44. The molecule has 0 spiro atoms. The standard InChI is InChI=1S/C22H33ClN2O3S/c1-16(2)28-19-6-7-20-17(13-19)8-11-24-15-18-5-3-10-25(21(18)14-22(20)24)29(26,27)12-4-9-23/h6-7,13,16,18,21-22H,3-5,8-12,14-15H2,1-2H3/t18-,21+,22-/m0/s1. The predicted molar refractivity (Wildman–Crippen MR) is 117 cm³/mol. The third-order valence-electron chi connectivity index (χ3n) is 6.65. The van der Waals surface area contributed by atoms with Gasteiger partial charge in [0.15, 0.2) is 0 Å². The second-order valence-electron chi connectivity index (χ2n) is 8.96. The fraction of sp³-hybridized carbons (Fsp3) is 0.727. The zero-order valence-corrected chi connectivity index (χ0v) is 19.1. The molecule has 5 nitrogen and oxygen atoms in total. The third kappa shape index (κ3) is 4.46. The fourth-order valence-electron chi connectivity index (χ4n) is 5.44. The summed E-state index contributed by atoms with van der Waals surface area (Å²) in [5.74, 6) is 1.94. The summed E-state index contributed by atoms with van der Waals surface area (Å²) < 4.78 is 33.7. The molecule has 0 amide bonds. The molecule has 2 saturated heterocycles. The Morgan fingerprint density at radius 2 is 2.10 bits per heavy atom. The second-order valence-corrected chi connectivity index (χ2v) is 11.4. The van der Waals surface area contributed by atoms with E-state index in [4.69, 9.17) is 16.3 Å². The van der Waals surface area contributed by atoms with Crippen LogP contribution in [0.5, 0.6) is 5.75 Å². The predicted octanol–water partition coefficient (Wildman–Crippen LogP) is 3.82. The van der Waals surface area contributed by atoms with Crippen LogP contribution >= 0.6 is 11.6 Å². The first-order chi connectivity index (χ1) is 13.9. The van der Waals surface area contributed by atoms with E-state index in [1.54, 1.807) is 0 Å². The summed E-state index contributed by atoms with van der Waals surface area (Å²) in [5, 5.41) is 0. The Balaban J connectivity index is 1.58. The Labute approximate surface area is 180 Å². The van der Waals surface area contributed by atoms with Gasteiger partial charge in [-0.05, 0) is 75.1 Å². The van der Waals surface area contributed by atoms with Crippen LogP contribution < -0.4 is 4.74 Å². The number of benzene rings is 1. The first-order valence-electron chi connectivity index (χ1n) is 11.0. The number of nitrogens with zero attached hydrogens (tertiary/aromatic N) is 2. The maximum atomic E-state index is 13.0. The molecule has 1 aromatic rings. The average Bonchev–Trinajstić information content (AvgIpc) is 2.69. The highest BCUT2D eigenvalue weighted by molar-refractivity contribution is 7.89. The number of fused-ring (bicyclic) bond motifs is 4. The van der Waals surface area contributed by atoms with Crippen molar-refractivity contribution >= 4 is 21.6 Å². The number of hydrogen-bond acceptors (Lipinski definition) is 4. The van der Waals surface area contributed by atoms with Gasteiger partial charge < -0.3 is 4.74 Å². The van der Waals surface area contributed by atoms with Crippen LogP contribution in [0.15, 0.2) is 18.2 Å². The molecule has 1 aromatic carbocycles. The monoisotopic (exact) mass is 440 g/mol. The van der Waals surface area contributed by atoms with Gasteiger partial charge in [0.1, 0.15) is 5.75 Å². The van der Waals surface area contributed by atoms with Gasteiger partial charge in [0.25, 0.3) is 0 Å². The van der Waals surface area contributed by atoms with Gasteiger partial charge in [0.2, 0.25) is 10.0 Å². The van der Waals surface area contributed by atoms with Crippen molar-refractivity contribution in [2.75, 3.05) is 31.3 Å². The van der Waals surface area contributed by atoms with Crippen molar-refractivity contribution in [1.29, 1.82) is 0 Å². The van der Waals surface area contributed by atoms with E-state index in [1.807, 2.05) is 18.2 Å². The highest BCUT2D eigenvalue weighted by Gasteiger charge is 2.45. The minimum Gasteiger partial charge on any atom is -0.491 e. The van der Waals surface area contributed by atoms with Gasteiger partial charge in [-0.3, -0.25) is 4.90 Å². The van der Waals surface area contributed by atoms with Gasteiger partial charge in [0, 0.05) is 37.6 Å². The zero-order valence-electron chi connectivity index (χ0n) is 17.5. The number of alkyl halides is 1. The number of hydrogen-bond donors (Lipinski definition) is 0. The number of ether oxygens (including phenoxy) is 1. The molecule has 3 atom stereocenters. The van der Waals surface area contributed by atoms with Gasteiger partial charge in [-0.15, -0.1) is 11.6 Å². The van der Waals surface area contributed by atoms with E-state index in [9.17, 15) is 8.42 Å². The van der Waals surface area contributed by atoms with E-state index >= 15 is 0 Å². The maximum absolute atomic E-state index is 13.0. The Hall–Kier alpha value is -0.820. The molecule has 3 heterocycles. The van der Waals surface area contributed by atoms with Gasteiger partial charge >= 0.3 is 0 Å². The fourth-order valence-corrected chi connectivity index (χ4v) is 7.55. The zero-order chi connectivity index (χ0) is 20.6. The van der Waals surface area contributed by atoms with Crippen molar-refractivity contribution in [3.8, 4) is 5.75 Å². The summed E-state index contributed by atoms with van der Waals surface area (Å²) >= 11 is 5.78. The maximum Gasteiger partial charge on any atom is 0.214 e. The topological polar surface area (TPSA) is 49.9 Å². The summed E-state index contributed by atoms with van der Waals surface area (Å²) in [7, 11) is -3.24. The Morgan fingerprint density at radius 3 is 2.86 bits per heavy atom. The van der Waals surface area contributed by atoms with E-state index in [0.29, 0.717) is 30.8 Å². The Bertz CT molecular complexity index is 829. The van der Waals surface area contributed by atoms with E-state index in [-0.39, 0.29) is 17.9 Å². The van der Waals surface area contributed by atoms with Crippen LogP contribution in [0, 0.1) is 5.92 Å². The van der Waals surface area contributed by atoms with E-state index in [2.05, 4.69) is 23.1 Å². The van der Waals surface area contributed by atoms with Crippen LogP contribution in [0.3, 0.4) is 0 Å². The lowest BCUT2D eigenvalue weighted by atomic mass is 9.77. The van der Waals surface area contributed by atoms with Crippen molar-refractivity contribution < 1.29 is 13.2 Å². The lowest BCUT2D eigenvalue weighted by molar-refractivity contribution is 0.0219. The molecule has 0 N–H and O–H groups in total. The summed E-state index contributed by atoms with van der Waals surface area (Å²) in [4.78, 5) is 2.58. The molecule has 3 aliphatic rings. The minimum absolute atomic E-state index is 0.114. The third-order valence-corrected chi connectivity index (χ3v) is 8.89. The van der Waals surface area contributed by atoms with E-state index in [0.717, 1.165) is 44.5 Å². The normalized spacial score (nSPS) is 27.9. The molecule has 0 aromatic heterocycles. The second kappa shape index (κ2) is 8.74. The van der Waals surface area contributed by atoms with Crippen LogP contribution in [0.1, 0.15) is 56.7 Å². The summed E-state index contributed by atoms with van der Waals surface area (Å²) in [6, 6.07) is 6.89. The quantitative estimate of drug-likeness (QED) is 0.631. The molecule has 3 aliphatic heterocycles. The van der Waals surface area contributed by atoms with Crippen LogP contribution in [0.25, 0.3) is 0 Å². The number of piperidine rings is 2. The molecule has 7 heteroatoms. The van der Waals surface area contributed by atoms with Crippen molar-refractivity contribution in [3.05, 3.63) is 29.3 Å². The Kier molecular flexibility index (Phi) is 6.45. The summed E-state index contributed by atoms with van der Waals surface area (Å²) in [5.41, 5.74) is 2.71. The van der Waals surface area contributed by atoms with E-state index < -0.39 is 10.0 Å². The molecule has 0 unspecified atom stereocenters. The molecular weight excluding hydrogens is 408 g/mol. The number of sulfonamides is 1. The largest absolute Gasteiger partial charge is 0.491 e. The smallest absolute Gasteiger partial charge is 0.214 e. The lowest BCUT2D eigenvalue weighted by Crippen LogP contribution is -2.57. The van der Waals surface area contributed by atoms with Gasteiger partial charge in [-0.1, -0.05) is 6.07 Å². The van der Waals surface area contributed by atoms with Crippen molar-refractivity contribution in [1.82, 2.24) is 9.21 Å². The molecule has 162 valence electrons. The Morgan fingerprint density at radius 1 is 1.28 bits per heavy atom. The van der Waals surface area contributed by atoms with Crippen LogP contribution in [-0.2, 0) is 16.4 Å².